The van der Waals surface area contributed by atoms with E-state index in [-0.39, 0.29) is 13.5 Å². The van der Waals surface area contributed by atoms with E-state index in [1.54, 1.807) is 14.3 Å². The molecular weight excluding hydrogens is 654 g/mol. The summed E-state index contributed by atoms with van der Waals surface area (Å²) in [6.45, 7) is 4.58. The van der Waals surface area contributed by atoms with Crippen molar-refractivity contribution in [3.63, 3.8) is 0 Å². The Hall–Kier alpha value is -1.17. The second-order valence-electron chi connectivity index (χ2n) is 8.63. The Morgan fingerprint density at radius 2 is 0.886 bits per heavy atom. The zero-order chi connectivity index (χ0) is 23.8. The van der Waals surface area contributed by atoms with E-state index in [1.807, 2.05) is 0 Å². The largest absolute Gasteiger partial charge is 0.813 e. The van der Waals surface area contributed by atoms with E-state index in [9.17, 15) is 0 Å². The summed E-state index contributed by atoms with van der Waals surface area (Å²) in [6.07, 6.45) is 5.37. The van der Waals surface area contributed by atoms with Gasteiger partial charge in [-0.05, 0) is 0 Å². The van der Waals surface area contributed by atoms with E-state index < -0.39 is 39.5 Å². The van der Waals surface area contributed by atoms with Crippen LogP contribution in [-0.2, 0) is 13.5 Å². The van der Waals surface area contributed by atoms with Crippen molar-refractivity contribution in [1.29, 1.82) is 0 Å². The van der Waals surface area contributed by atoms with Crippen LogP contribution in [0.25, 0.3) is 0 Å². The normalized spacial score (nSPS) is 10.1. The average Bonchev–Trinajstić information content (AvgIpc) is 2.92. The Labute approximate surface area is 235 Å². The van der Waals surface area contributed by atoms with Crippen LogP contribution in [0.1, 0.15) is 39.5 Å². The van der Waals surface area contributed by atoms with Crippen molar-refractivity contribution in [2.75, 3.05) is 0 Å². The first-order chi connectivity index (χ1) is 16.8. The molecule has 0 atom stereocenters. The third kappa shape index (κ3) is 10.4. The molecular formula is C32H39SSn2. The van der Waals surface area contributed by atoms with Gasteiger partial charge in [-0.3, -0.25) is 0 Å². The molecule has 4 aromatic rings. The standard InChI is InChI=1S/4C6H5.2C4H9.H2S.2Sn/c4*1-2-4-6-5-3-1;2*1-3-4-2;;;/h4*1-5H;2*1,3-4H2,2H3;1H2;;/q;;;;;;;;+1/p-1. The summed E-state index contributed by atoms with van der Waals surface area (Å²) >= 11 is -3.20. The van der Waals surface area contributed by atoms with Crippen LogP contribution in [0.4, 0.5) is 0 Å². The van der Waals surface area contributed by atoms with Crippen molar-refractivity contribution < 1.29 is 0 Å². The first-order valence-corrected chi connectivity index (χ1v) is 22.5. The molecule has 0 unspecified atom stereocenters. The van der Waals surface area contributed by atoms with E-state index in [1.165, 1.54) is 34.6 Å². The molecule has 0 saturated carbocycles. The van der Waals surface area contributed by atoms with Gasteiger partial charge in [0.1, 0.15) is 0 Å². The summed E-state index contributed by atoms with van der Waals surface area (Å²) in [7, 11) is 0. The number of benzene rings is 4. The Morgan fingerprint density at radius 1 is 0.514 bits per heavy atom. The fourth-order valence-electron chi connectivity index (χ4n) is 4.18. The van der Waals surface area contributed by atoms with Crippen molar-refractivity contribution in [2.24, 2.45) is 0 Å². The third-order valence-electron chi connectivity index (χ3n) is 6.05. The smallest absolute Gasteiger partial charge is 0.813 e. The van der Waals surface area contributed by atoms with Crippen LogP contribution >= 0.6 is 0 Å². The quantitative estimate of drug-likeness (QED) is 0.113. The van der Waals surface area contributed by atoms with Crippen molar-refractivity contribution in [1.82, 2.24) is 0 Å². The molecule has 0 fully saturated rings. The fourth-order valence-corrected chi connectivity index (χ4v) is 20.2. The van der Waals surface area contributed by atoms with Gasteiger partial charge >= 0.3 is 224 Å². The summed E-state index contributed by atoms with van der Waals surface area (Å²) in [6, 6.07) is 44.6. The number of unbranched alkanes of at least 4 members (excludes halogenated alkanes) is 2. The summed E-state index contributed by atoms with van der Waals surface area (Å²) in [5.74, 6) is 0. The molecule has 0 aliphatic rings. The van der Waals surface area contributed by atoms with Crippen LogP contribution in [-0.4, -0.2) is 39.5 Å². The second-order valence-corrected chi connectivity index (χ2v) is 23.5. The molecule has 1 radical (unpaired) electrons. The summed E-state index contributed by atoms with van der Waals surface area (Å²) in [5.41, 5.74) is 0. The van der Waals surface area contributed by atoms with Gasteiger partial charge < -0.3 is 13.5 Å². The van der Waals surface area contributed by atoms with Gasteiger partial charge in [0.2, 0.25) is 0 Å². The van der Waals surface area contributed by atoms with Gasteiger partial charge in [0.05, 0.1) is 0 Å². The molecule has 3 heteroatoms. The van der Waals surface area contributed by atoms with Crippen LogP contribution < -0.4 is 14.3 Å². The van der Waals surface area contributed by atoms with Crippen molar-refractivity contribution in [2.45, 2.75) is 48.4 Å². The second kappa shape index (κ2) is 18.1. The summed E-state index contributed by atoms with van der Waals surface area (Å²) < 4.78 is 9.41. The Kier molecular flexibility index (Phi) is 15.6. The maximum atomic E-state index is 2.33. The van der Waals surface area contributed by atoms with E-state index in [0.717, 1.165) is 0 Å². The fraction of sp³-hybridized carbons (Fsp3) is 0.250. The molecule has 181 valence electrons. The molecule has 4 rings (SSSR count). The van der Waals surface area contributed by atoms with E-state index in [0.29, 0.717) is 0 Å². The van der Waals surface area contributed by atoms with Crippen LogP contribution in [0.2, 0.25) is 8.87 Å². The minimum absolute atomic E-state index is 0. The molecule has 0 amide bonds. The van der Waals surface area contributed by atoms with Crippen molar-refractivity contribution in [3.05, 3.63) is 121 Å². The van der Waals surface area contributed by atoms with Gasteiger partial charge in [-0.1, -0.05) is 0 Å². The Bertz CT molecular complexity index is 858. The van der Waals surface area contributed by atoms with Crippen LogP contribution in [0.15, 0.2) is 121 Å². The maximum Gasteiger partial charge on any atom is -0.813 e. The van der Waals surface area contributed by atoms with Crippen LogP contribution in [0.5, 0.6) is 0 Å². The molecule has 0 heterocycles. The van der Waals surface area contributed by atoms with Crippen LogP contribution in [0.3, 0.4) is 0 Å². The minimum Gasteiger partial charge on any atom is -0.813 e. The van der Waals surface area contributed by atoms with E-state index in [4.69, 9.17) is 0 Å². The van der Waals surface area contributed by atoms with Gasteiger partial charge in [-0.15, -0.1) is 0 Å². The molecule has 0 spiro atoms. The number of hydrogen-bond acceptors (Lipinski definition) is 1. The molecule has 4 aromatic carbocycles. The molecule has 0 aliphatic heterocycles. The monoisotopic (exact) mass is 695 g/mol. The molecule has 0 aromatic heterocycles. The van der Waals surface area contributed by atoms with Gasteiger partial charge in [-0.2, -0.15) is 0 Å². The molecule has 0 aliphatic carbocycles. The van der Waals surface area contributed by atoms with E-state index in [2.05, 4.69) is 135 Å². The number of hydrogen-bond donors (Lipinski definition) is 0. The van der Waals surface area contributed by atoms with Gasteiger partial charge in [0.15, 0.2) is 0 Å². The maximum absolute atomic E-state index is 2.33. The Morgan fingerprint density at radius 3 is 1.26 bits per heavy atom. The number of thiol groups is 1. The van der Waals surface area contributed by atoms with E-state index >= 15 is 0 Å². The third-order valence-corrected chi connectivity index (χ3v) is 22.7. The zero-order valence-electron chi connectivity index (χ0n) is 21.2. The predicted molar refractivity (Wildman–Crippen MR) is 164 cm³/mol. The summed E-state index contributed by atoms with van der Waals surface area (Å²) in [4.78, 5) is 0. The number of rotatable bonds is 10. The topological polar surface area (TPSA) is 0 Å². The first-order valence-electron chi connectivity index (χ1n) is 12.8. The molecule has 35 heavy (non-hydrogen) atoms. The first kappa shape index (κ1) is 30.1. The minimum atomic E-state index is -1.60. The van der Waals surface area contributed by atoms with Gasteiger partial charge in [0.25, 0.3) is 0 Å². The molecule has 0 saturated heterocycles. The van der Waals surface area contributed by atoms with Gasteiger partial charge in [-0.25, -0.2) is 0 Å². The van der Waals surface area contributed by atoms with Crippen LogP contribution in [0, 0.1) is 0 Å². The molecule has 0 bridgehead atoms. The van der Waals surface area contributed by atoms with Crippen molar-refractivity contribution >= 4 is 67.3 Å². The SMILES string of the molecule is CCC[CH2][Sn+]([c]1ccccc1)[c]1ccccc1.CCC[CH2][Sn]([c]1ccccc1)[c]1ccccc1.[SH-]. The molecule has 0 N–H and O–H groups in total. The predicted octanol–water partition coefficient (Wildman–Crippen LogP) is 5.92. The zero-order valence-corrected chi connectivity index (χ0v) is 27.8. The van der Waals surface area contributed by atoms with Crippen molar-refractivity contribution in [3.8, 4) is 0 Å². The Balaban J connectivity index is 0.000000240. The molecule has 0 nitrogen and oxygen atoms in total. The van der Waals surface area contributed by atoms with Gasteiger partial charge in [0, 0.05) is 0 Å². The average molecular weight is 693 g/mol. The summed E-state index contributed by atoms with van der Waals surface area (Å²) in [5, 5.41) is 0.